The van der Waals surface area contributed by atoms with Crippen LogP contribution in [0.25, 0.3) is 10.4 Å². The molecule has 86 valence electrons. The van der Waals surface area contributed by atoms with Gasteiger partial charge in [0.25, 0.3) is 0 Å². The summed E-state index contributed by atoms with van der Waals surface area (Å²) < 4.78 is 0. The number of allylic oxidation sites excluding steroid dienone is 3. The van der Waals surface area contributed by atoms with Crippen LogP contribution in [0.5, 0.6) is 0 Å². The van der Waals surface area contributed by atoms with Crippen molar-refractivity contribution in [3.63, 3.8) is 0 Å². The zero-order valence-electron chi connectivity index (χ0n) is 9.27. The Hall–Kier alpha value is -2.03. The molecule has 0 amide bonds. The van der Waals surface area contributed by atoms with Crippen LogP contribution in [0.1, 0.15) is 18.1 Å². The first-order chi connectivity index (χ1) is 8.33. The lowest BCUT2D eigenvalue weighted by Gasteiger charge is -2.20. The van der Waals surface area contributed by atoms with E-state index in [2.05, 4.69) is 10.0 Å². The summed E-state index contributed by atoms with van der Waals surface area (Å²) in [4.78, 5) is 2.82. The largest absolute Gasteiger partial charge is 0.388 e. The maximum absolute atomic E-state index is 10.2. The fourth-order valence-electron chi connectivity index (χ4n) is 1.91. The molecule has 0 saturated carbocycles. The first-order valence-corrected chi connectivity index (χ1v) is 5.45. The highest BCUT2D eigenvalue weighted by molar-refractivity contribution is 5.31. The van der Waals surface area contributed by atoms with Crippen LogP contribution in [0.4, 0.5) is 0 Å². The highest BCUT2D eigenvalue weighted by atomic mass is 16.3. The number of aliphatic hydroxyl groups excluding tert-OH is 1. The van der Waals surface area contributed by atoms with Crippen LogP contribution < -0.4 is 0 Å². The standard InChI is InChI=1S/C13H13N3O/c14-16-15-12(10-6-4-5-7-10)13(17)11-8-2-1-3-9-11/h1-6,8-9,12-13,17H,7H2/t12-,13-/m1/s1. The average molecular weight is 227 g/mol. The van der Waals surface area contributed by atoms with Crippen molar-refractivity contribution >= 4 is 0 Å². The Bertz CT molecular complexity index is 487. The third-order valence-electron chi connectivity index (χ3n) is 2.80. The summed E-state index contributed by atoms with van der Waals surface area (Å²) in [5.74, 6) is 0. The lowest BCUT2D eigenvalue weighted by atomic mass is 9.96. The van der Waals surface area contributed by atoms with E-state index in [4.69, 9.17) is 5.53 Å². The number of hydrogen-bond donors (Lipinski definition) is 1. The second-order valence-corrected chi connectivity index (χ2v) is 3.88. The van der Waals surface area contributed by atoms with Gasteiger partial charge in [-0.25, -0.2) is 0 Å². The summed E-state index contributed by atoms with van der Waals surface area (Å²) in [5, 5.41) is 13.9. The summed E-state index contributed by atoms with van der Waals surface area (Å²) in [6, 6.07) is 8.72. The van der Waals surface area contributed by atoms with Gasteiger partial charge in [0.2, 0.25) is 0 Å². The molecule has 2 rings (SSSR count). The van der Waals surface area contributed by atoms with Crippen molar-refractivity contribution in [2.24, 2.45) is 5.11 Å². The normalized spacial score (nSPS) is 17.1. The zero-order chi connectivity index (χ0) is 12.1. The first kappa shape index (κ1) is 11.5. The predicted molar refractivity (Wildman–Crippen MR) is 66.2 cm³/mol. The summed E-state index contributed by atoms with van der Waals surface area (Å²) in [7, 11) is 0. The minimum absolute atomic E-state index is 0.530. The monoisotopic (exact) mass is 227 g/mol. The molecular weight excluding hydrogens is 214 g/mol. The van der Waals surface area contributed by atoms with Crippen LogP contribution >= 0.6 is 0 Å². The Balaban J connectivity index is 2.25. The fourth-order valence-corrected chi connectivity index (χ4v) is 1.91. The minimum atomic E-state index is -0.793. The van der Waals surface area contributed by atoms with Crippen LogP contribution in [0.3, 0.4) is 0 Å². The maximum Gasteiger partial charge on any atom is 0.0912 e. The van der Waals surface area contributed by atoms with Crippen molar-refractivity contribution in [3.8, 4) is 0 Å². The molecule has 1 aliphatic rings. The van der Waals surface area contributed by atoms with Gasteiger partial charge in [0.1, 0.15) is 0 Å². The smallest absolute Gasteiger partial charge is 0.0912 e. The molecule has 4 heteroatoms. The molecule has 1 aromatic rings. The average Bonchev–Trinajstić information content (AvgIpc) is 2.90. The van der Waals surface area contributed by atoms with Gasteiger partial charge in [0, 0.05) is 4.91 Å². The second kappa shape index (κ2) is 5.34. The van der Waals surface area contributed by atoms with E-state index in [0.29, 0.717) is 0 Å². The van der Waals surface area contributed by atoms with E-state index in [-0.39, 0.29) is 0 Å². The molecule has 0 fully saturated rings. The molecule has 0 heterocycles. The summed E-state index contributed by atoms with van der Waals surface area (Å²) in [5.41, 5.74) is 10.3. The van der Waals surface area contributed by atoms with Crippen LogP contribution in [-0.2, 0) is 0 Å². The predicted octanol–water partition coefficient (Wildman–Crippen LogP) is 3.29. The molecule has 4 nitrogen and oxygen atoms in total. The number of aliphatic hydroxyl groups is 1. The minimum Gasteiger partial charge on any atom is -0.388 e. The number of rotatable bonds is 4. The summed E-state index contributed by atoms with van der Waals surface area (Å²) >= 11 is 0. The molecule has 1 N–H and O–H groups in total. The molecule has 0 bridgehead atoms. The molecular formula is C13H13N3O. The highest BCUT2D eigenvalue weighted by Crippen LogP contribution is 2.28. The molecule has 2 atom stereocenters. The fraction of sp³-hybridized carbons (Fsp3) is 0.231. The van der Waals surface area contributed by atoms with Gasteiger partial charge in [-0.3, -0.25) is 0 Å². The molecule has 1 aromatic carbocycles. The van der Waals surface area contributed by atoms with Crippen molar-refractivity contribution in [2.45, 2.75) is 18.6 Å². The molecule has 0 unspecified atom stereocenters. The Kier molecular flexibility index (Phi) is 3.60. The van der Waals surface area contributed by atoms with Crippen molar-refractivity contribution in [2.75, 3.05) is 0 Å². The van der Waals surface area contributed by atoms with Crippen LogP contribution in [0.15, 0.2) is 59.2 Å². The Morgan fingerprint density at radius 1 is 1.29 bits per heavy atom. The molecule has 0 aromatic heterocycles. The van der Waals surface area contributed by atoms with Crippen LogP contribution in [0.2, 0.25) is 0 Å². The van der Waals surface area contributed by atoms with Crippen molar-refractivity contribution < 1.29 is 5.11 Å². The van der Waals surface area contributed by atoms with Crippen LogP contribution in [-0.4, -0.2) is 11.1 Å². The Morgan fingerprint density at radius 3 is 2.65 bits per heavy atom. The second-order valence-electron chi connectivity index (χ2n) is 3.88. The van der Waals surface area contributed by atoms with Gasteiger partial charge in [-0.05, 0) is 17.5 Å². The quantitative estimate of drug-likeness (QED) is 0.478. The van der Waals surface area contributed by atoms with Gasteiger partial charge in [-0.2, -0.15) is 0 Å². The molecule has 0 radical (unpaired) electrons. The lowest BCUT2D eigenvalue weighted by molar-refractivity contribution is 0.158. The number of benzene rings is 1. The van der Waals surface area contributed by atoms with Crippen LogP contribution in [0, 0.1) is 0 Å². The number of nitrogens with zero attached hydrogens (tertiary/aromatic N) is 3. The van der Waals surface area contributed by atoms with E-state index < -0.39 is 12.1 Å². The Labute approximate surface area is 99.5 Å². The SMILES string of the molecule is [N-]=[N+]=N[C@H](C1=CC=CC1)[C@H](O)c1ccccc1. The van der Waals surface area contributed by atoms with E-state index in [1.807, 2.05) is 48.6 Å². The molecule has 1 aliphatic carbocycles. The van der Waals surface area contributed by atoms with Gasteiger partial charge >= 0.3 is 0 Å². The first-order valence-electron chi connectivity index (χ1n) is 5.45. The molecule has 0 saturated heterocycles. The third kappa shape index (κ3) is 2.56. The summed E-state index contributed by atoms with van der Waals surface area (Å²) in [6.45, 7) is 0. The number of hydrogen-bond acceptors (Lipinski definition) is 2. The summed E-state index contributed by atoms with van der Waals surface area (Å²) in [6.07, 6.45) is 5.72. The van der Waals surface area contributed by atoms with E-state index in [1.54, 1.807) is 0 Å². The highest BCUT2D eigenvalue weighted by Gasteiger charge is 2.23. The van der Waals surface area contributed by atoms with Crippen molar-refractivity contribution in [3.05, 3.63) is 70.1 Å². The number of azide groups is 1. The topological polar surface area (TPSA) is 69.0 Å². The van der Waals surface area contributed by atoms with Crippen molar-refractivity contribution in [1.29, 1.82) is 0 Å². The van der Waals surface area contributed by atoms with Gasteiger partial charge in [0.15, 0.2) is 0 Å². The zero-order valence-corrected chi connectivity index (χ0v) is 9.27. The van der Waals surface area contributed by atoms with E-state index >= 15 is 0 Å². The maximum atomic E-state index is 10.2. The third-order valence-corrected chi connectivity index (χ3v) is 2.80. The van der Waals surface area contributed by atoms with Gasteiger partial charge in [-0.15, -0.1) is 0 Å². The van der Waals surface area contributed by atoms with E-state index in [9.17, 15) is 5.11 Å². The van der Waals surface area contributed by atoms with Crippen molar-refractivity contribution in [1.82, 2.24) is 0 Å². The lowest BCUT2D eigenvalue weighted by Crippen LogP contribution is -2.17. The molecule has 17 heavy (non-hydrogen) atoms. The molecule has 0 spiro atoms. The van der Waals surface area contributed by atoms with E-state index in [1.165, 1.54) is 0 Å². The van der Waals surface area contributed by atoms with Gasteiger partial charge < -0.3 is 5.11 Å². The van der Waals surface area contributed by atoms with E-state index in [0.717, 1.165) is 17.6 Å². The van der Waals surface area contributed by atoms with Gasteiger partial charge in [0.05, 0.1) is 12.1 Å². The van der Waals surface area contributed by atoms with Gasteiger partial charge in [-0.1, -0.05) is 59.2 Å². The Morgan fingerprint density at radius 2 is 2.06 bits per heavy atom. The molecule has 0 aliphatic heterocycles.